The summed E-state index contributed by atoms with van der Waals surface area (Å²) in [7, 11) is 0. The van der Waals surface area contributed by atoms with Crippen molar-refractivity contribution in [2.45, 2.75) is 166 Å². The highest BCUT2D eigenvalue weighted by Crippen LogP contribution is 2.22. The summed E-state index contributed by atoms with van der Waals surface area (Å²) >= 11 is 0. The van der Waals surface area contributed by atoms with Crippen molar-refractivity contribution in [3.63, 3.8) is 0 Å². The fourth-order valence-corrected chi connectivity index (χ4v) is 5.65. The number of aliphatic hydroxyl groups is 4. The molecule has 1 aliphatic rings. The second kappa shape index (κ2) is 36.9. The van der Waals surface area contributed by atoms with E-state index in [4.69, 9.17) is 18.9 Å². The molecule has 0 amide bonds. The van der Waals surface area contributed by atoms with Crippen LogP contribution >= 0.6 is 0 Å². The van der Waals surface area contributed by atoms with E-state index in [9.17, 15) is 30.0 Å². The van der Waals surface area contributed by atoms with Crippen LogP contribution in [0.4, 0.5) is 0 Å². The predicted octanol–water partition coefficient (Wildman–Crippen LogP) is 8.77. The maximum Gasteiger partial charge on any atom is 0.306 e. The first-order valence-electron chi connectivity index (χ1n) is 21.3. The number of rotatable bonds is 33. The second-order valence-corrected chi connectivity index (χ2v) is 14.0. The first kappa shape index (κ1) is 51.6. The van der Waals surface area contributed by atoms with Crippen molar-refractivity contribution in [1.29, 1.82) is 0 Å². The van der Waals surface area contributed by atoms with E-state index >= 15 is 0 Å². The first-order chi connectivity index (χ1) is 27.8. The minimum atomic E-state index is -1.61. The van der Waals surface area contributed by atoms with E-state index < -0.39 is 55.4 Å². The molecule has 0 bridgehead atoms. The summed E-state index contributed by atoms with van der Waals surface area (Å²) in [5.41, 5.74) is 0. The number of allylic oxidation sites excluding steroid dienone is 16. The van der Waals surface area contributed by atoms with Gasteiger partial charge in [0.15, 0.2) is 12.4 Å². The van der Waals surface area contributed by atoms with Crippen LogP contribution in [0.25, 0.3) is 0 Å². The molecule has 4 N–H and O–H groups in total. The highest BCUT2D eigenvalue weighted by atomic mass is 16.7. The normalized spacial score (nSPS) is 21.3. The number of hydrogen-bond acceptors (Lipinski definition) is 10. The van der Waals surface area contributed by atoms with E-state index in [-0.39, 0.29) is 26.1 Å². The topological polar surface area (TPSA) is 152 Å². The smallest absolute Gasteiger partial charge is 0.306 e. The minimum Gasteiger partial charge on any atom is -0.462 e. The van der Waals surface area contributed by atoms with Gasteiger partial charge in [-0.05, 0) is 83.5 Å². The molecule has 10 nitrogen and oxygen atoms in total. The molecular weight excluding hydrogens is 725 g/mol. The van der Waals surface area contributed by atoms with Gasteiger partial charge in [-0.25, -0.2) is 0 Å². The number of ether oxygens (including phenoxy) is 4. The standard InChI is InChI=1S/C47H74O10/c1-3-5-7-9-11-13-15-17-19-20-22-24-26-28-30-32-34-36-43(50)56-40(39-55-47-46(53)45(52)44(51)41(37-48)57-47)38-54-42(49)35-33-31-29-27-25-23-21-18-16-14-12-10-8-6-4-2/h5-8,11-14,17-19,21-22,24,28,30,40-41,44-48,51-53H,3-4,9-10,15-16,20,23,25-27,29,31-39H2,1-2H3/b7-5+,8-6+,13-11+,14-12+,19-17+,21-18+,24-22+,30-28+/t40-,41-,44+,45?,46?,47-/m1/s1. The molecule has 1 saturated heterocycles. The van der Waals surface area contributed by atoms with Crippen LogP contribution in [0.5, 0.6) is 0 Å². The number of carbonyl (C=O) groups excluding carboxylic acids is 2. The molecule has 0 aromatic heterocycles. The zero-order valence-corrected chi connectivity index (χ0v) is 34.8. The quantitative estimate of drug-likeness (QED) is 0.0288. The lowest BCUT2D eigenvalue weighted by molar-refractivity contribution is -0.305. The van der Waals surface area contributed by atoms with Crippen molar-refractivity contribution < 1.29 is 49.0 Å². The Morgan fingerprint density at radius 2 is 1.00 bits per heavy atom. The predicted molar refractivity (Wildman–Crippen MR) is 228 cm³/mol. The number of unbranched alkanes of at least 4 members (excludes halogenated alkanes) is 6. The Labute approximate surface area is 343 Å². The van der Waals surface area contributed by atoms with Crippen molar-refractivity contribution in [2.24, 2.45) is 0 Å². The largest absolute Gasteiger partial charge is 0.462 e. The summed E-state index contributed by atoms with van der Waals surface area (Å²) in [6.07, 6.45) is 41.3. The van der Waals surface area contributed by atoms with E-state index in [0.717, 1.165) is 83.5 Å². The fourth-order valence-electron chi connectivity index (χ4n) is 5.65. The van der Waals surface area contributed by atoms with Crippen molar-refractivity contribution in [1.82, 2.24) is 0 Å². The number of esters is 2. The van der Waals surface area contributed by atoms with Gasteiger partial charge in [-0.2, -0.15) is 0 Å². The molecule has 6 atom stereocenters. The van der Waals surface area contributed by atoms with Gasteiger partial charge in [0.2, 0.25) is 0 Å². The maximum atomic E-state index is 12.7. The van der Waals surface area contributed by atoms with Gasteiger partial charge in [0.25, 0.3) is 0 Å². The van der Waals surface area contributed by atoms with Gasteiger partial charge < -0.3 is 39.4 Å². The monoisotopic (exact) mass is 799 g/mol. The number of hydrogen-bond donors (Lipinski definition) is 4. The van der Waals surface area contributed by atoms with Gasteiger partial charge in [-0.3, -0.25) is 9.59 Å². The van der Waals surface area contributed by atoms with E-state index in [2.05, 4.69) is 105 Å². The first-order valence-corrected chi connectivity index (χ1v) is 21.3. The van der Waals surface area contributed by atoms with Gasteiger partial charge in [0.05, 0.1) is 13.2 Å². The summed E-state index contributed by atoms with van der Waals surface area (Å²) in [6, 6.07) is 0. The molecule has 0 radical (unpaired) electrons. The second-order valence-electron chi connectivity index (χ2n) is 14.0. The Bertz CT molecular complexity index is 1240. The molecule has 57 heavy (non-hydrogen) atoms. The fraction of sp³-hybridized carbons (Fsp3) is 0.617. The van der Waals surface area contributed by atoms with Gasteiger partial charge in [-0.1, -0.05) is 130 Å². The van der Waals surface area contributed by atoms with Gasteiger partial charge in [0, 0.05) is 12.8 Å². The minimum absolute atomic E-state index is 0.141. The molecule has 0 spiro atoms. The van der Waals surface area contributed by atoms with Crippen molar-refractivity contribution in [3.8, 4) is 0 Å². The zero-order valence-electron chi connectivity index (χ0n) is 34.8. The van der Waals surface area contributed by atoms with E-state index in [1.807, 2.05) is 6.08 Å². The molecule has 0 aromatic rings. The third-order valence-electron chi connectivity index (χ3n) is 8.96. The maximum absolute atomic E-state index is 12.7. The van der Waals surface area contributed by atoms with Crippen LogP contribution in [0.1, 0.15) is 129 Å². The molecule has 0 saturated carbocycles. The van der Waals surface area contributed by atoms with Crippen LogP contribution in [0.15, 0.2) is 97.2 Å². The highest BCUT2D eigenvalue weighted by molar-refractivity contribution is 5.70. The van der Waals surface area contributed by atoms with E-state index in [1.54, 1.807) is 0 Å². The summed E-state index contributed by atoms with van der Waals surface area (Å²) in [4.78, 5) is 25.3. The molecule has 1 heterocycles. The molecule has 0 aromatic carbocycles. The molecule has 1 aliphatic heterocycles. The molecule has 0 aliphatic carbocycles. The molecule has 10 heteroatoms. The van der Waals surface area contributed by atoms with Crippen LogP contribution in [-0.2, 0) is 28.5 Å². The Balaban J connectivity index is 2.42. The summed E-state index contributed by atoms with van der Waals surface area (Å²) < 4.78 is 22.0. The third kappa shape index (κ3) is 28.6. The average Bonchev–Trinajstić information content (AvgIpc) is 3.21. The van der Waals surface area contributed by atoms with Crippen LogP contribution in [0, 0.1) is 0 Å². The van der Waals surface area contributed by atoms with E-state index in [0.29, 0.717) is 19.3 Å². The molecule has 2 unspecified atom stereocenters. The Morgan fingerprint density at radius 3 is 1.53 bits per heavy atom. The average molecular weight is 799 g/mol. The Morgan fingerprint density at radius 1 is 0.544 bits per heavy atom. The van der Waals surface area contributed by atoms with Crippen LogP contribution in [0.2, 0.25) is 0 Å². The third-order valence-corrected chi connectivity index (χ3v) is 8.96. The van der Waals surface area contributed by atoms with Crippen molar-refractivity contribution in [2.75, 3.05) is 19.8 Å². The van der Waals surface area contributed by atoms with Gasteiger partial charge in [-0.15, -0.1) is 0 Å². The van der Waals surface area contributed by atoms with Gasteiger partial charge >= 0.3 is 11.9 Å². The number of aliphatic hydroxyl groups excluding tert-OH is 4. The summed E-state index contributed by atoms with van der Waals surface area (Å²) in [5.74, 6) is -0.907. The van der Waals surface area contributed by atoms with E-state index in [1.165, 1.54) is 0 Å². The van der Waals surface area contributed by atoms with Gasteiger partial charge in [0.1, 0.15) is 31.0 Å². The SMILES string of the molecule is CC/C=C/C/C=C/C/C=C/C/C=C/C/C=C/CCCC(=O)O[C@H](COC(=O)CCCCCCC/C=C/C/C=C/C/C=C/CC)CO[C@@H]1O[C@H](CO)[C@H](O)C(O)C1O. The van der Waals surface area contributed by atoms with Crippen LogP contribution in [0.3, 0.4) is 0 Å². The molecular formula is C47H74O10. The summed E-state index contributed by atoms with van der Waals surface area (Å²) in [5, 5.41) is 40.0. The van der Waals surface area contributed by atoms with Crippen LogP contribution in [-0.4, -0.2) is 89.0 Å². The Kier molecular flexibility index (Phi) is 33.5. The summed E-state index contributed by atoms with van der Waals surface area (Å²) in [6.45, 7) is 3.09. The lowest BCUT2D eigenvalue weighted by Gasteiger charge is -2.39. The molecule has 1 fully saturated rings. The Hall–Kier alpha value is -3.38. The highest BCUT2D eigenvalue weighted by Gasteiger charge is 2.44. The lowest BCUT2D eigenvalue weighted by Crippen LogP contribution is -2.59. The molecule has 1 rings (SSSR count). The zero-order chi connectivity index (χ0) is 41.6. The van der Waals surface area contributed by atoms with Crippen LogP contribution < -0.4 is 0 Å². The molecule has 322 valence electrons. The van der Waals surface area contributed by atoms with Crippen molar-refractivity contribution >= 4 is 11.9 Å². The number of carbonyl (C=O) groups is 2. The van der Waals surface area contributed by atoms with Crippen molar-refractivity contribution in [3.05, 3.63) is 97.2 Å². The lowest BCUT2D eigenvalue weighted by atomic mass is 9.99.